The first-order valence-corrected chi connectivity index (χ1v) is 4.87. The molecule has 0 aromatic carbocycles. The van der Waals surface area contributed by atoms with Crippen LogP contribution in [0.2, 0.25) is 0 Å². The Labute approximate surface area is 94.8 Å². The van der Waals surface area contributed by atoms with Crippen molar-refractivity contribution in [2.75, 3.05) is 19.6 Å². The number of nitrogens with one attached hydrogen (secondary N) is 2. The molecule has 0 unspecified atom stereocenters. The highest BCUT2D eigenvalue weighted by atomic mass is 35.5. The molecule has 1 aliphatic heterocycles. The van der Waals surface area contributed by atoms with Crippen molar-refractivity contribution in [3.05, 3.63) is 24.2 Å². The molecule has 5 heteroatoms. The van der Waals surface area contributed by atoms with Gasteiger partial charge in [0, 0.05) is 12.6 Å². The van der Waals surface area contributed by atoms with Crippen LogP contribution < -0.4 is 10.6 Å². The summed E-state index contributed by atoms with van der Waals surface area (Å²) in [5.41, 5.74) is 0. The Bertz CT molecular complexity index is 294. The van der Waals surface area contributed by atoms with Crippen molar-refractivity contribution in [3.63, 3.8) is 0 Å². The Morgan fingerprint density at radius 3 is 3.13 bits per heavy atom. The van der Waals surface area contributed by atoms with Crippen molar-refractivity contribution < 1.29 is 9.21 Å². The highest BCUT2D eigenvalue weighted by Crippen LogP contribution is 2.02. The third kappa shape index (κ3) is 3.34. The molecule has 1 aliphatic rings. The van der Waals surface area contributed by atoms with Crippen LogP contribution >= 0.6 is 12.4 Å². The van der Waals surface area contributed by atoms with Crippen molar-refractivity contribution in [1.82, 2.24) is 10.6 Å². The first-order chi connectivity index (χ1) is 6.86. The normalized spacial score (nSPS) is 19.9. The Morgan fingerprint density at radius 2 is 2.53 bits per heavy atom. The smallest absolute Gasteiger partial charge is 0.211 e. The number of carbonyl (C=O) groups is 1. The molecule has 0 saturated carbocycles. The third-order valence-corrected chi connectivity index (χ3v) is 2.41. The van der Waals surface area contributed by atoms with E-state index in [0.29, 0.717) is 18.3 Å². The van der Waals surface area contributed by atoms with E-state index in [1.54, 1.807) is 12.1 Å². The molecule has 1 aromatic rings. The predicted molar refractivity (Wildman–Crippen MR) is 59.6 cm³/mol. The van der Waals surface area contributed by atoms with Gasteiger partial charge in [0.05, 0.1) is 12.8 Å². The second-order valence-corrected chi connectivity index (χ2v) is 3.47. The lowest BCUT2D eigenvalue weighted by Crippen LogP contribution is -2.35. The number of hydrogen-bond donors (Lipinski definition) is 2. The van der Waals surface area contributed by atoms with E-state index in [0.717, 1.165) is 19.5 Å². The summed E-state index contributed by atoms with van der Waals surface area (Å²) in [7, 11) is 0. The highest BCUT2D eigenvalue weighted by molar-refractivity contribution is 5.94. The van der Waals surface area contributed by atoms with Gasteiger partial charge in [-0.1, -0.05) is 0 Å². The van der Waals surface area contributed by atoms with Crippen LogP contribution in [0.1, 0.15) is 17.0 Å². The lowest BCUT2D eigenvalue weighted by molar-refractivity contribution is 0.0961. The molecule has 1 fully saturated rings. The molecule has 0 bridgehead atoms. The maximum atomic E-state index is 11.5. The fraction of sp³-hybridized carbons (Fsp3) is 0.500. The van der Waals surface area contributed by atoms with Crippen LogP contribution in [0.25, 0.3) is 0 Å². The van der Waals surface area contributed by atoms with Crippen LogP contribution in [-0.2, 0) is 0 Å². The summed E-state index contributed by atoms with van der Waals surface area (Å²) in [6.45, 7) is 2.35. The fourth-order valence-corrected chi connectivity index (χ4v) is 1.59. The van der Waals surface area contributed by atoms with Crippen molar-refractivity contribution in [2.45, 2.75) is 12.5 Å². The zero-order chi connectivity index (χ0) is 9.80. The molecular formula is C10H15ClN2O2. The molecule has 15 heavy (non-hydrogen) atoms. The summed E-state index contributed by atoms with van der Waals surface area (Å²) in [4.78, 5) is 11.5. The SMILES string of the molecule is Cl.O=C(CN[C@@H]1CCNC1)c1ccco1. The minimum atomic E-state index is 0. The third-order valence-electron chi connectivity index (χ3n) is 2.41. The van der Waals surface area contributed by atoms with E-state index < -0.39 is 0 Å². The van der Waals surface area contributed by atoms with Gasteiger partial charge in [-0.05, 0) is 25.1 Å². The molecule has 2 rings (SSSR count). The quantitative estimate of drug-likeness (QED) is 0.753. The molecule has 0 aliphatic carbocycles. The molecule has 0 amide bonds. The predicted octanol–water partition coefficient (Wildman–Crippen LogP) is 0.836. The summed E-state index contributed by atoms with van der Waals surface area (Å²) in [6, 6.07) is 3.84. The van der Waals surface area contributed by atoms with Crippen LogP contribution in [0.5, 0.6) is 0 Å². The van der Waals surface area contributed by atoms with Crippen LogP contribution in [0.15, 0.2) is 22.8 Å². The molecule has 4 nitrogen and oxygen atoms in total. The van der Waals surface area contributed by atoms with Gasteiger partial charge in [-0.3, -0.25) is 4.79 Å². The van der Waals surface area contributed by atoms with Gasteiger partial charge in [-0.15, -0.1) is 12.4 Å². The summed E-state index contributed by atoms with van der Waals surface area (Å²) >= 11 is 0. The van der Waals surface area contributed by atoms with Crippen LogP contribution in [0.3, 0.4) is 0 Å². The van der Waals surface area contributed by atoms with E-state index in [-0.39, 0.29) is 18.2 Å². The second-order valence-electron chi connectivity index (χ2n) is 3.47. The monoisotopic (exact) mass is 230 g/mol. The summed E-state index contributed by atoms with van der Waals surface area (Å²) in [6.07, 6.45) is 2.61. The number of rotatable bonds is 4. The highest BCUT2D eigenvalue weighted by Gasteiger charge is 2.16. The summed E-state index contributed by atoms with van der Waals surface area (Å²) < 4.78 is 5.01. The molecule has 84 valence electrons. The first-order valence-electron chi connectivity index (χ1n) is 4.87. The number of Topliss-reactive ketones (excluding diaryl/α,β-unsaturated/α-hetero) is 1. The first kappa shape index (κ1) is 12.2. The van der Waals surface area contributed by atoms with Crippen molar-refractivity contribution in [1.29, 1.82) is 0 Å². The number of ketones is 1. The van der Waals surface area contributed by atoms with E-state index in [1.165, 1.54) is 6.26 Å². The second kappa shape index (κ2) is 5.90. The van der Waals surface area contributed by atoms with Gasteiger partial charge in [0.15, 0.2) is 5.76 Å². The van der Waals surface area contributed by atoms with E-state index in [2.05, 4.69) is 10.6 Å². The topological polar surface area (TPSA) is 54.3 Å². The van der Waals surface area contributed by atoms with Gasteiger partial charge in [-0.2, -0.15) is 0 Å². The molecular weight excluding hydrogens is 216 g/mol. The Kier molecular flexibility index (Phi) is 4.81. The van der Waals surface area contributed by atoms with Crippen LogP contribution in [0, 0.1) is 0 Å². The zero-order valence-corrected chi connectivity index (χ0v) is 9.18. The molecule has 2 N–H and O–H groups in total. The van der Waals surface area contributed by atoms with Gasteiger partial charge >= 0.3 is 0 Å². The van der Waals surface area contributed by atoms with Gasteiger partial charge in [0.2, 0.25) is 5.78 Å². The van der Waals surface area contributed by atoms with Crippen molar-refractivity contribution in [2.24, 2.45) is 0 Å². The summed E-state index contributed by atoms with van der Waals surface area (Å²) in [5.74, 6) is 0.449. The van der Waals surface area contributed by atoms with Crippen molar-refractivity contribution >= 4 is 18.2 Å². The molecule has 0 radical (unpaired) electrons. The molecule has 1 aromatic heterocycles. The number of hydrogen-bond acceptors (Lipinski definition) is 4. The molecule has 1 atom stereocenters. The maximum absolute atomic E-state index is 11.5. The minimum Gasteiger partial charge on any atom is -0.461 e. The largest absolute Gasteiger partial charge is 0.461 e. The minimum absolute atomic E-state index is 0. The van der Waals surface area contributed by atoms with Crippen LogP contribution in [0.4, 0.5) is 0 Å². The Hall–Kier alpha value is -0.840. The van der Waals surface area contributed by atoms with E-state index in [1.807, 2.05) is 0 Å². The molecule has 0 spiro atoms. The molecule has 1 saturated heterocycles. The molecule has 2 heterocycles. The zero-order valence-electron chi connectivity index (χ0n) is 8.36. The van der Waals surface area contributed by atoms with E-state index in [9.17, 15) is 4.79 Å². The van der Waals surface area contributed by atoms with Gasteiger partial charge in [-0.25, -0.2) is 0 Å². The van der Waals surface area contributed by atoms with Crippen molar-refractivity contribution in [3.8, 4) is 0 Å². The number of carbonyl (C=O) groups excluding carboxylic acids is 1. The van der Waals surface area contributed by atoms with Gasteiger partial charge in [0.1, 0.15) is 0 Å². The van der Waals surface area contributed by atoms with Gasteiger partial charge < -0.3 is 15.1 Å². The maximum Gasteiger partial charge on any atom is 0.211 e. The van der Waals surface area contributed by atoms with Crippen LogP contribution in [-0.4, -0.2) is 31.5 Å². The number of furan rings is 1. The number of halogens is 1. The lowest BCUT2D eigenvalue weighted by Gasteiger charge is -2.08. The Morgan fingerprint density at radius 1 is 1.67 bits per heavy atom. The van der Waals surface area contributed by atoms with E-state index >= 15 is 0 Å². The lowest BCUT2D eigenvalue weighted by atomic mass is 10.2. The van der Waals surface area contributed by atoms with Gasteiger partial charge in [0.25, 0.3) is 0 Å². The average molecular weight is 231 g/mol. The van der Waals surface area contributed by atoms with E-state index in [4.69, 9.17) is 4.42 Å². The summed E-state index contributed by atoms with van der Waals surface area (Å²) in [5, 5.41) is 6.43. The Balaban J connectivity index is 0.00000112. The standard InChI is InChI=1S/C10H14N2O2.ClH/c13-9(10-2-1-5-14-10)7-12-8-3-4-11-6-8;/h1-2,5,8,11-12H,3-4,6-7H2;1H/t8-;/m1./s1. The fourth-order valence-electron chi connectivity index (χ4n) is 1.59. The average Bonchev–Trinajstić information content (AvgIpc) is 2.87.